The molecular weight excluding hydrogens is 242 g/mol. The van der Waals surface area contributed by atoms with Crippen LogP contribution in [0.25, 0.3) is 0 Å². The predicted molar refractivity (Wildman–Crippen MR) is 73.4 cm³/mol. The Morgan fingerprint density at radius 1 is 1.63 bits per heavy atom. The number of aromatic nitrogens is 1. The molecule has 0 unspecified atom stereocenters. The van der Waals surface area contributed by atoms with Crippen LogP contribution in [0.4, 0.5) is 0 Å². The Hall–Kier alpha value is -1.62. The molecule has 1 aliphatic rings. The summed E-state index contributed by atoms with van der Waals surface area (Å²) in [6.45, 7) is 4.17. The van der Waals surface area contributed by atoms with Gasteiger partial charge in [0.25, 0.3) is 5.91 Å². The lowest BCUT2D eigenvalue weighted by Crippen LogP contribution is -2.38. The number of hydrogen-bond acceptors (Lipinski definition) is 4. The molecule has 1 aromatic heterocycles. The Kier molecular flexibility index (Phi) is 4.74. The summed E-state index contributed by atoms with van der Waals surface area (Å²) in [7, 11) is 2.10. The van der Waals surface area contributed by atoms with Crippen molar-refractivity contribution in [1.29, 1.82) is 0 Å². The number of ether oxygens (including phenoxy) is 1. The van der Waals surface area contributed by atoms with Gasteiger partial charge in [0.15, 0.2) is 0 Å². The third kappa shape index (κ3) is 3.44. The monoisotopic (exact) mass is 263 g/mol. The van der Waals surface area contributed by atoms with Crippen molar-refractivity contribution in [2.45, 2.75) is 25.8 Å². The third-order valence-electron chi connectivity index (χ3n) is 3.47. The maximum absolute atomic E-state index is 12.2. The molecule has 1 saturated heterocycles. The van der Waals surface area contributed by atoms with E-state index in [-0.39, 0.29) is 5.91 Å². The third-order valence-corrected chi connectivity index (χ3v) is 3.47. The van der Waals surface area contributed by atoms with E-state index in [4.69, 9.17) is 4.74 Å². The van der Waals surface area contributed by atoms with Gasteiger partial charge in [-0.15, -0.1) is 0 Å². The number of pyridine rings is 1. The SMILES string of the molecule is CCOc1ncccc1C(=O)NC[C@H]1CCCN1C. The lowest BCUT2D eigenvalue weighted by atomic mass is 10.2. The molecule has 1 fully saturated rings. The van der Waals surface area contributed by atoms with Crippen LogP contribution in [0.1, 0.15) is 30.1 Å². The second kappa shape index (κ2) is 6.52. The molecule has 2 heterocycles. The molecule has 0 radical (unpaired) electrons. The van der Waals surface area contributed by atoms with Gasteiger partial charge in [-0.2, -0.15) is 0 Å². The highest BCUT2D eigenvalue weighted by Crippen LogP contribution is 2.16. The molecule has 0 aromatic carbocycles. The van der Waals surface area contributed by atoms with Crippen LogP contribution in [0.5, 0.6) is 5.88 Å². The minimum atomic E-state index is -0.114. The van der Waals surface area contributed by atoms with Crippen molar-refractivity contribution in [2.24, 2.45) is 0 Å². The van der Waals surface area contributed by atoms with Crippen LogP contribution in [-0.2, 0) is 0 Å². The van der Waals surface area contributed by atoms with Gasteiger partial charge in [-0.3, -0.25) is 4.79 Å². The fourth-order valence-electron chi connectivity index (χ4n) is 2.36. The van der Waals surface area contributed by atoms with Crippen LogP contribution >= 0.6 is 0 Å². The molecule has 5 heteroatoms. The number of likely N-dealkylation sites (tertiary alicyclic amines) is 1. The van der Waals surface area contributed by atoms with Crippen LogP contribution in [0, 0.1) is 0 Å². The van der Waals surface area contributed by atoms with E-state index in [0.29, 0.717) is 30.6 Å². The van der Waals surface area contributed by atoms with Gasteiger partial charge in [-0.25, -0.2) is 4.98 Å². The Balaban J connectivity index is 1.95. The second-order valence-electron chi connectivity index (χ2n) is 4.78. The molecule has 104 valence electrons. The normalized spacial score (nSPS) is 19.4. The molecule has 1 amide bonds. The van der Waals surface area contributed by atoms with Gasteiger partial charge in [0.05, 0.1) is 6.61 Å². The average molecular weight is 263 g/mol. The molecule has 0 bridgehead atoms. The zero-order valence-corrected chi connectivity index (χ0v) is 11.6. The maximum atomic E-state index is 12.2. The molecule has 0 aliphatic carbocycles. The number of carbonyl (C=O) groups excluding carboxylic acids is 1. The summed E-state index contributed by atoms with van der Waals surface area (Å²) in [6.07, 6.45) is 3.97. The quantitative estimate of drug-likeness (QED) is 0.870. The molecule has 19 heavy (non-hydrogen) atoms. The van der Waals surface area contributed by atoms with E-state index in [9.17, 15) is 4.79 Å². The molecule has 1 aliphatic heterocycles. The molecule has 1 aromatic rings. The summed E-state index contributed by atoms with van der Waals surface area (Å²) in [4.78, 5) is 18.5. The van der Waals surface area contributed by atoms with Gasteiger partial charge in [0, 0.05) is 18.8 Å². The number of likely N-dealkylation sites (N-methyl/N-ethyl adjacent to an activating group) is 1. The molecule has 1 N–H and O–H groups in total. The minimum absolute atomic E-state index is 0.114. The highest BCUT2D eigenvalue weighted by molar-refractivity contribution is 5.96. The van der Waals surface area contributed by atoms with E-state index in [0.717, 1.165) is 13.0 Å². The van der Waals surface area contributed by atoms with Crippen molar-refractivity contribution in [3.8, 4) is 5.88 Å². The van der Waals surface area contributed by atoms with E-state index in [2.05, 4.69) is 22.2 Å². The Bertz CT molecular complexity index is 436. The van der Waals surface area contributed by atoms with E-state index >= 15 is 0 Å². The summed E-state index contributed by atoms with van der Waals surface area (Å²) in [5, 5.41) is 2.97. The minimum Gasteiger partial charge on any atom is -0.477 e. The fraction of sp³-hybridized carbons (Fsp3) is 0.571. The van der Waals surface area contributed by atoms with Gasteiger partial charge in [-0.1, -0.05) is 0 Å². The molecule has 5 nitrogen and oxygen atoms in total. The van der Waals surface area contributed by atoms with Gasteiger partial charge in [-0.05, 0) is 45.5 Å². The van der Waals surface area contributed by atoms with Gasteiger partial charge in [0.2, 0.25) is 5.88 Å². The predicted octanol–water partition coefficient (Wildman–Crippen LogP) is 1.30. The standard InChI is InChI=1S/C14H21N3O2/c1-3-19-14-12(7-4-8-15-14)13(18)16-10-11-6-5-9-17(11)2/h4,7-8,11H,3,5-6,9-10H2,1-2H3,(H,16,18)/t11-/m1/s1. The molecular formula is C14H21N3O2. The van der Waals surface area contributed by atoms with E-state index < -0.39 is 0 Å². The van der Waals surface area contributed by atoms with Crippen LogP contribution in [0.15, 0.2) is 18.3 Å². The Morgan fingerprint density at radius 2 is 2.47 bits per heavy atom. The summed E-state index contributed by atoms with van der Waals surface area (Å²) < 4.78 is 5.37. The summed E-state index contributed by atoms with van der Waals surface area (Å²) in [5.41, 5.74) is 0.505. The zero-order chi connectivity index (χ0) is 13.7. The van der Waals surface area contributed by atoms with E-state index in [1.807, 2.05) is 6.92 Å². The van der Waals surface area contributed by atoms with E-state index in [1.54, 1.807) is 18.3 Å². The Labute approximate surface area is 114 Å². The number of nitrogens with zero attached hydrogens (tertiary/aromatic N) is 2. The largest absolute Gasteiger partial charge is 0.477 e. The number of hydrogen-bond donors (Lipinski definition) is 1. The van der Waals surface area contributed by atoms with Gasteiger partial charge < -0.3 is 15.0 Å². The first-order valence-electron chi connectivity index (χ1n) is 6.78. The number of nitrogens with one attached hydrogen (secondary N) is 1. The first-order valence-corrected chi connectivity index (χ1v) is 6.78. The number of amides is 1. The average Bonchev–Trinajstić information content (AvgIpc) is 2.82. The van der Waals surface area contributed by atoms with Crippen molar-refractivity contribution in [1.82, 2.24) is 15.2 Å². The van der Waals surface area contributed by atoms with Crippen molar-refractivity contribution in [3.63, 3.8) is 0 Å². The van der Waals surface area contributed by atoms with Crippen molar-refractivity contribution in [2.75, 3.05) is 26.7 Å². The van der Waals surface area contributed by atoms with Gasteiger partial charge in [0.1, 0.15) is 5.56 Å². The van der Waals surface area contributed by atoms with Crippen molar-refractivity contribution < 1.29 is 9.53 Å². The first kappa shape index (κ1) is 13.8. The lowest BCUT2D eigenvalue weighted by molar-refractivity contribution is 0.0939. The maximum Gasteiger partial charge on any atom is 0.256 e. The second-order valence-corrected chi connectivity index (χ2v) is 4.78. The van der Waals surface area contributed by atoms with Crippen molar-refractivity contribution in [3.05, 3.63) is 23.9 Å². The highest BCUT2D eigenvalue weighted by Gasteiger charge is 2.22. The van der Waals surface area contributed by atoms with Crippen molar-refractivity contribution >= 4 is 5.91 Å². The fourth-order valence-corrected chi connectivity index (χ4v) is 2.36. The smallest absolute Gasteiger partial charge is 0.256 e. The first-order chi connectivity index (χ1) is 9.22. The molecule has 2 rings (SSSR count). The van der Waals surface area contributed by atoms with Crippen LogP contribution in [0.3, 0.4) is 0 Å². The number of carbonyl (C=O) groups is 1. The Morgan fingerprint density at radius 3 is 3.16 bits per heavy atom. The molecule has 0 saturated carbocycles. The zero-order valence-electron chi connectivity index (χ0n) is 11.6. The van der Waals surface area contributed by atoms with Crippen LogP contribution < -0.4 is 10.1 Å². The summed E-state index contributed by atoms with van der Waals surface area (Å²) in [6, 6.07) is 3.93. The van der Waals surface area contributed by atoms with Crippen LogP contribution in [0.2, 0.25) is 0 Å². The number of rotatable bonds is 5. The summed E-state index contributed by atoms with van der Waals surface area (Å²) in [5.74, 6) is 0.291. The highest BCUT2D eigenvalue weighted by atomic mass is 16.5. The topological polar surface area (TPSA) is 54.5 Å². The lowest BCUT2D eigenvalue weighted by Gasteiger charge is -2.19. The van der Waals surface area contributed by atoms with E-state index in [1.165, 1.54) is 6.42 Å². The van der Waals surface area contributed by atoms with Crippen LogP contribution in [-0.4, -0.2) is 48.6 Å². The van der Waals surface area contributed by atoms with Gasteiger partial charge >= 0.3 is 0 Å². The molecule has 0 spiro atoms. The summed E-state index contributed by atoms with van der Waals surface area (Å²) >= 11 is 0. The molecule has 1 atom stereocenters.